The first-order chi connectivity index (χ1) is 20.4. The number of carbonyl (C=O) groups excluding carboxylic acids is 2. The van der Waals surface area contributed by atoms with Crippen molar-refractivity contribution in [2.75, 3.05) is 24.0 Å². The molecule has 2 saturated carbocycles. The molecule has 0 radical (unpaired) electrons. The van der Waals surface area contributed by atoms with E-state index >= 15 is 8.78 Å². The molecular weight excluding hydrogens is 538 g/mol. The van der Waals surface area contributed by atoms with Crippen molar-refractivity contribution in [1.29, 1.82) is 0 Å². The van der Waals surface area contributed by atoms with E-state index in [-0.39, 0.29) is 23.2 Å². The number of nitrogens with zero attached hydrogens (tertiary/aromatic N) is 2. The number of benzene rings is 3. The van der Waals surface area contributed by atoms with Gasteiger partial charge >= 0.3 is 11.9 Å². The lowest BCUT2D eigenvalue weighted by atomic mass is 9.91. The number of hydrogen-bond acceptors (Lipinski definition) is 6. The summed E-state index contributed by atoms with van der Waals surface area (Å²) >= 11 is 0. The Morgan fingerprint density at radius 1 is 0.595 bits per heavy atom. The van der Waals surface area contributed by atoms with Crippen molar-refractivity contribution < 1.29 is 27.8 Å². The van der Waals surface area contributed by atoms with Crippen molar-refractivity contribution in [1.82, 2.24) is 0 Å². The average Bonchev–Trinajstić information content (AvgIpc) is 3.03. The van der Waals surface area contributed by atoms with Gasteiger partial charge in [-0.15, -0.1) is 0 Å². The van der Waals surface area contributed by atoms with E-state index in [0.717, 1.165) is 64.2 Å². The molecule has 0 unspecified atom stereocenters. The van der Waals surface area contributed by atoms with Gasteiger partial charge in [-0.2, -0.15) is 0 Å². The van der Waals surface area contributed by atoms with Crippen LogP contribution >= 0.6 is 0 Å². The second-order valence-electron chi connectivity index (χ2n) is 11.1. The molecule has 6 nitrogen and oxygen atoms in total. The van der Waals surface area contributed by atoms with Crippen LogP contribution in [0.5, 0.6) is 0 Å². The van der Waals surface area contributed by atoms with E-state index in [1.54, 1.807) is 48.5 Å². The van der Waals surface area contributed by atoms with Crippen LogP contribution in [0, 0.1) is 11.6 Å². The van der Waals surface area contributed by atoms with Gasteiger partial charge in [0.1, 0.15) is 11.6 Å². The van der Waals surface area contributed by atoms with Crippen molar-refractivity contribution in [3.63, 3.8) is 0 Å². The molecule has 0 aromatic heterocycles. The normalized spacial score (nSPS) is 16.1. The average molecular weight is 577 g/mol. The maximum atomic E-state index is 15.4. The van der Waals surface area contributed by atoms with Crippen molar-refractivity contribution in [2.24, 2.45) is 0 Å². The van der Waals surface area contributed by atoms with Gasteiger partial charge in [-0.1, -0.05) is 62.8 Å². The minimum Gasteiger partial charge on any atom is -0.465 e. The second-order valence-corrected chi connectivity index (χ2v) is 11.1. The highest BCUT2D eigenvalue weighted by atomic mass is 19.1. The molecular formula is C34H38F2N2O4. The summed E-state index contributed by atoms with van der Waals surface area (Å²) in [6, 6.07) is 15.9. The van der Waals surface area contributed by atoms with Gasteiger partial charge in [-0.25, -0.2) is 18.4 Å². The number of anilines is 4. The maximum absolute atomic E-state index is 15.4. The standard InChI is InChI=1S/C34H38F2N2O4/c1-41-33(39)25-21-32(38(24-15-7-4-8-16-24)30-20-12-10-18-28(30)36)26(34(40)42-2)22-31(25)37(23-13-5-3-6-14-23)29-19-11-9-17-27(29)35/h9-12,17-24H,3-8,13-16H2,1-2H3. The summed E-state index contributed by atoms with van der Waals surface area (Å²) in [5.74, 6) is -2.12. The Kier molecular flexibility index (Phi) is 9.40. The van der Waals surface area contributed by atoms with Gasteiger partial charge in [0.05, 0.1) is 48.1 Å². The summed E-state index contributed by atoms with van der Waals surface area (Å²) in [6.45, 7) is 0. The number of esters is 2. The van der Waals surface area contributed by atoms with Crippen LogP contribution in [0.2, 0.25) is 0 Å². The lowest BCUT2D eigenvalue weighted by Crippen LogP contribution is -2.37. The minimum atomic E-state index is -0.628. The molecule has 0 bridgehead atoms. The van der Waals surface area contributed by atoms with Gasteiger partial charge in [0.15, 0.2) is 0 Å². The monoisotopic (exact) mass is 576 g/mol. The number of carbonyl (C=O) groups is 2. The summed E-state index contributed by atoms with van der Waals surface area (Å²) in [4.78, 5) is 30.7. The lowest BCUT2D eigenvalue weighted by molar-refractivity contribution is 0.0587. The van der Waals surface area contributed by atoms with Crippen LogP contribution in [0.1, 0.15) is 84.9 Å². The maximum Gasteiger partial charge on any atom is 0.340 e. The van der Waals surface area contributed by atoms with Crippen LogP contribution in [0.15, 0.2) is 60.7 Å². The Hall–Kier alpha value is -3.94. The summed E-state index contributed by atoms with van der Waals surface area (Å²) < 4.78 is 41.4. The van der Waals surface area contributed by atoms with Gasteiger partial charge in [0, 0.05) is 12.1 Å². The fraction of sp³-hybridized carbons (Fsp3) is 0.412. The highest BCUT2D eigenvalue weighted by Gasteiger charge is 2.34. The van der Waals surface area contributed by atoms with E-state index in [9.17, 15) is 9.59 Å². The molecule has 3 aromatic rings. The van der Waals surface area contributed by atoms with E-state index in [1.165, 1.54) is 26.4 Å². The third-order valence-corrected chi connectivity index (χ3v) is 8.55. The van der Waals surface area contributed by atoms with E-state index in [2.05, 4.69) is 0 Å². The topological polar surface area (TPSA) is 59.1 Å². The van der Waals surface area contributed by atoms with Gasteiger partial charge in [-0.05, 0) is 62.1 Å². The molecule has 2 aliphatic rings. The number of hydrogen-bond donors (Lipinski definition) is 0. The zero-order valence-electron chi connectivity index (χ0n) is 24.3. The van der Waals surface area contributed by atoms with Crippen LogP contribution in [0.3, 0.4) is 0 Å². The molecule has 0 saturated heterocycles. The molecule has 0 spiro atoms. The zero-order chi connectivity index (χ0) is 29.6. The second kappa shape index (κ2) is 13.4. The molecule has 8 heteroatoms. The molecule has 2 fully saturated rings. The number of rotatable bonds is 8. The van der Waals surface area contributed by atoms with Gasteiger partial charge in [-0.3, -0.25) is 0 Å². The Balaban J connectivity index is 1.79. The molecule has 0 aliphatic heterocycles. The molecule has 42 heavy (non-hydrogen) atoms. The van der Waals surface area contributed by atoms with Crippen LogP contribution in [-0.4, -0.2) is 38.2 Å². The highest BCUT2D eigenvalue weighted by Crippen LogP contribution is 2.44. The molecule has 2 aliphatic carbocycles. The lowest BCUT2D eigenvalue weighted by Gasteiger charge is -2.40. The number of ether oxygens (including phenoxy) is 2. The fourth-order valence-electron chi connectivity index (χ4n) is 6.54. The third kappa shape index (κ3) is 5.98. The number of methoxy groups -OCH3 is 2. The third-order valence-electron chi connectivity index (χ3n) is 8.55. The Morgan fingerprint density at radius 2 is 0.952 bits per heavy atom. The molecule has 0 N–H and O–H groups in total. The molecule has 0 amide bonds. The zero-order valence-corrected chi connectivity index (χ0v) is 24.3. The largest absolute Gasteiger partial charge is 0.465 e. The number of halogens is 2. The molecule has 3 aromatic carbocycles. The highest BCUT2D eigenvalue weighted by molar-refractivity contribution is 6.05. The first-order valence-electron chi connectivity index (χ1n) is 14.9. The summed E-state index contributed by atoms with van der Waals surface area (Å²) in [5.41, 5.74) is 1.70. The van der Waals surface area contributed by atoms with Gasteiger partial charge < -0.3 is 19.3 Å². The van der Waals surface area contributed by atoms with E-state index in [4.69, 9.17) is 9.47 Å². The SMILES string of the molecule is COC(=O)c1cc(N(c2ccccc2F)C2CCCCC2)c(C(=O)OC)cc1N(c1ccccc1F)C1CCCCC1. The number of para-hydroxylation sites is 2. The van der Waals surface area contributed by atoms with E-state index in [0.29, 0.717) is 22.7 Å². The van der Waals surface area contributed by atoms with Gasteiger partial charge in [0.2, 0.25) is 0 Å². The van der Waals surface area contributed by atoms with Crippen LogP contribution in [0.4, 0.5) is 31.5 Å². The van der Waals surface area contributed by atoms with Crippen LogP contribution in [0.25, 0.3) is 0 Å². The Bertz CT molecular complexity index is 1310. The first-order valence-corrected chi connectivity index (χ1v) is 14.9. The minimum absolute atomic E-state index is 0.101. The first kappa shape index (κ1) is 29.5. The van der Waals surface area contributed by atoms with Crippen molar-refractivity contribution in [3.05, 3.63) is 83.4 Å². The smallest absolute Gasteiger partial charge is 0.340 e. The fourth-order valence-corrected chi connectivity index (χ4v) is 6.54. The van der Waals surface area contributed by atoms with Crippen LogP contribution in [-0.2, 0) is 9.47 Å². The predicted molar refractivity (Wildman–Crippen MR) is 160 cm³/mol. The molecule has 0 heterocycles. The van der Waals surface area contributed by atoms with Crippen LogP contribution < -0.4 is 9.80 Å². The van der Waals surface area contributed by atoms with Crippen molar-refractivity contribution in [2.45, 2.75) is 76.3 Å². The van der Waals surface area contributed by atoms with E-state index in [1.807, 2.05) is 9.80 Å². The predicted octanol–water partition coefficient (Wildman–Crippen LogP) is 8.48. The van der Waals surface area contributed by atoms with Crippen molar-refractivity contribution >= 4 is 34.7 Å². The molecule has 5 rings (SSSR count). The molecule has 222 valence electrons. The summed E-state index contributed by atoms with van der Waals surface area (Å²) in [7, 11) is 2.59. The quantitative estimate of drug-likeness (QED) is 0.251. The van der Waals surface area contributed by atoms with E-state index < -0.39 is 23.6 Å². The summed E-state index contributed by atoms with van der Waals surface area (Å²) in [5, 5.41) is 0. The van der Waals surface area contributed by atoms with Crippen molar-refractivity contribution in [3.8, 4) is 0 Å². The summed E-state index contributed by atoms with van der Waals surface area (Å²) in [6.07, 6.45) is 9.22. The van der Waals surface area contributed by atoms with Gasteiger partial charge in [0.25, 0.3) is 0 Å². The Labute approximate surface area is 246 Å². The molecule has 0 atom stereocenters. The Morgan fingerprint density at radius 3 is 1.29 bits per heavy atom.